The standard InChI is InChI=1S/C14H24O5.C2H6.CH4O/c1-4-17-13(15)10(2)19-14(16)11(3)18-12-8-6-5-7-9-12;2*1-2/h10-12H,4-9H2,1-3H3;1-2H3;2H,1H3. The van der Waals surface area contributed by atoms with Gasteiger partial charge in [0.05, 0.1) is 12.7 Å². The summed E-state index contributed by atoms with van der Waals surface area (Å²) in [7, 11) is 1.00. The number of hydrogen-bond acceptors (Lipinski definition) is 6. The Hall–Kier alpha value is -1.14. The predicted octanol–water partition coefficient (Wildman–Crippen LogP) is 2.85. The molecule has 0 amide bonds. The van der Waals surface area contributed by atoms with Crippen LogP contribution in [0.4, 0.5) is 0 Å². The van der Waals surface area contributed by atoms with E-state index in [2.05, 4.69) is 0 Å². The van der Waals surface area contributed by atoms with Crippen LogP contribution in [-0.4, -0.2) is 49.1 Å². The van der Waals surface area contributed by atoms with E-state index in [0.29, 0.717) is 0 Å². The lowest BCUT2D eigenvalue weighted by atomic mass is 9.98. The first-order chi connectivity index (χ1) is 11.0. The summed E-state index contributed by atoms with van der Waals surface area (Å²) in [5, 5.41) is 7.00. The van der Waals surface area contributed by atoms with Crippen LogP contribution in [0.5, 0.6) is 0 Å². The minimum Gasteiger partial charge on any atom is -0.463 e. The van der Waals surface area contributed by atoms with Gasteiger partial charge in [0.25, 0.3) is 0 Å². The van der Waals surface area contributed by atoms with Crippen LogP contribution in [0.2, 0.25) is 0 Å². The first kappa shape index (κ1) is 24.1. The van der Waals surface area contributed by atoms with Crippen LogP contribution in [0.1, 0.15) is 66.7 Å². The molecule has 0 spiro atoms. The van der Waals surface area contributed by atoms with Gasteiger partial charge in [-0.15, -0.1) is 0 Å². The number of esters is 2. The Bertz CT molecular complexity index is 299. The first-order valence-electron chi connectivity index (χ1n) is 8.52. The molecule has 2 atom stereocenters. The molecule has 1 rings (SSSR count). The van der Waals surface area contributed by atoms with Crippen molar-refractivity contribution in [1.82, 2.24) is 0 Å². The Morgan fingerprint density at radius 1 is 1.00 bits per heavy atom. The average molecular weight is 334 g/mol. The summed E-state index contributed by atoms with van der Waals surface area (Å²) in [5.74, 6) is -1.04. The number of rotatable bonds is 6. The van der Waals surface area contributed by atoms with Crippen molar-refractivity contribution >= 4 is 11.9 Å². The molecule has 1 N–H and O–H groups in total. The topological polar surface area (TPSA) is 82.1 Å². The SMILES string of the molecule is CC.CCOC(=O)C(C)OC(=O)C(C)OC1CCCCC1.CO. The average Bonchev–Trinajstić information content (AvgIpc) is 2.59. The molecule has 6 nitrogen and oxygen atoms in total. The highest BCUT2D eigenvalue weighted by Gasteiger charge is 2.26. The second-order valence-corrected chi connectivity index (χ2v) is 4.87. The summed E-state index contributed by atoms with van der Waals surface area (Å²) < 4.78 is 15.5. The van der Waals surface area contributed by atoms with Gasteiger partial charge in [-0.05, 0) is 33.6 Å². The van der Waals surface area contributed by atoms with Gasteiger partial charge >= 0.3 is 11.9 Å². The summed E-state index contributed by atoms with van der Waals surface area (Å²) in [6.45, 7) is 9.15. The Morgan fingerprint density at radius 2 is 1.52 bits per heavy atom. The highest BCUT2D eigenvalue weighted by molar-refractivity contribution is 5.80. The van der Waals surface area contributed by atoms with Gasteiger partial charge in [-0.2, -0.15) is 0 Å². The van der Waals surface area contributed by atoms with E-state index in [1.54, 1.807) is 13.8 Å². The fourth-order valence-corrected chi connectivity index (χ4v) is 2.12. The molecule has 1 saturated carbocycles. The predicted molar refractivity (Wildman–Crippen MR) is 89.1 cm³/mol. The Morgan fingerprint density at radius 3 is 2.00 bits per heavy atom. The van der Waals surface area contributed by atoms with Gasteiger partial charge in [-0.3, -0.25) is 0 Å². The summed E-state index contributed by atoms with van der Waals surface area (Å²) in [5.41, 5.74) is 0. The maximum Gasteiger partial charge on any atom is 0.347 e. The lowest BCUT2D eigenvalue weighted by molar-refractivity contribution is -0.175. The van der Waals surface area contributed by atoms with Crippen LogP contribution in [0, 0.1) is 0 Å². The summed E-state index contributed by atoms with van der Waals surface area (Å²) in [6, 6.07) is 0. The van der Waals surface area contributed by atoms with Gasteiger partial charge in [0.1, 0.15) is 0 Å². The van der Waals surface area contributed by atoms with Crippen molar-refractivity contribution in [2.75, 3.05) is 13.7 Å². The summed E-state index contributed by atoms with van der Waals surface area (Å²) >= 11 is 0. The van der Waals surface area contributed by atoms with Crippen molar-refractivity contribution in [3.8, 4) is 0 Å². The van der Waals surface area contributed by atoms with Crippen LogP contribution in [0.25, 0.3) is 0 Å². The van der Waals surface area contributed by atoms with Crippen LogP contribution < -0.4 is 0 Å². The van der Waals surface area contributed by atoms with Crippen molar-refractivity contribution in [1.29, 1.82) is 0 Å². The molecule has 0 saturated heterocycles. The van der Waals surface area contributed by atoms with E-state index in [9.17, 15) is 9.59 Å². The van der Waals surface area contributed by atoms with Gasteiger partial charge in [0.2, 0.25) is 0 Å². The third-order valence-corrected chi connectivity index (χ3v) is 3.19. The smallest absolute Gasteiger partial charge is 0.347 e. The number of hydrogen-bond donors (Lipinski definition) is 1. The van der Waals surface area contributed by atoms with Gasteiger partial charge in [0, 0.05) is 7.11 Å². The van der Waals surface area contributed by atoms with Gasteiger partial charge in [-0.1, -0.05) is 33.1 Å². The Balaban J connectivity index is 0. The zero-order chi connectivity index (χ0) is 18.3. The molecule has 0 heterocycles. The fourth-order valence-electron chi connectivity index (χ4n) is 2.12. The molecule has 0 aromatic rings. The van der Waals surface area contributed by atoms with Crippen molar-refractivity contribution in [2.45, 2.75) is 85.0 Å². The minimum atomic E-state index is -0.884. The highest BCUT2D eigenvalue weighted by atomic mass is 16.6. The molecule has 0 aromatic carbocycles. The second kappa shape index (κ2) is 15.7. The maximum absolute atomic E-state index is 11.8. The third-order valence-electron chi connectivity index (χ3n) is 3.19. The molecule has 6 heteroatoms. The monoisotopic (exact) mass is 334 g/mol. The zero-order valence-electron chi connectivity index (χ0n) is 15.5. The number of aliphatic hydroxyl groups is 1. The quantitative estimate of drug-likeness (QED) is 0.752. The van der Waals surface area contributed by atoms with Crippen molar-refractivity contribution in [3.05, 3.63) is 0 Å². The lowest BCUT2D eigenvalue weighted by Gasteiger charge is -2.25. The molecule has 138 valence electrons. The van der Waals surface area contributed by atoms with E-state index < -0.39 is 24.1 Å². The Kier molecular flexibility index (Phi) is 16.5. The number of aliphatic hydroxyl groups excluding tert-OH is 1. The van der Waals surface area contributed by atoms with Gasteiger partial charge < -0.3 is 19.3 Å². The summed E-state index contributed by atoms with van der Waals surface area (Å²) in [4.78, 5) is 23.1. The molecule has 1 aliphatic carbocycles. The largest absolute Gasteiger partial charge is 0.463 e. The molecule has 0 bridgehead atoms. The van der Waals surface area contributed by atoms with E-state index >= 15 is 0 Å². The molecule has 0 aliphatic heterocycles. The molecule has 2 unspecified atom stereocenters. The number of carbonyl (C=O) groups excluding carboxylic acids is 2. The fraction of sp³-hybridized carbons (Fsp3) is 0.882. The van der Waals surface area contributed by atoms with Gasteiger partial charge in [0.15, 0.2) is 12.2 Å². The van der Waals surface area contributed by atoms with Crippen LogP contribution in [-0.2, 0) is 23.8 Å². The van der Waals surface area contributed by atoms with Crippen molar-refractivity contribution in [2.24, 2.45) is 0 Å². The maximum atomic E-state index is 11.8. The van der Waals surface area contributed by atoms with Gasteiger partial charge in [-0.25, -0.2) is 9.59 Å². The van der Waals surface area contributed by atoms with Crippen LogP contribution >= 0.6 is 0 Å². The molecule has 1 aliphatic rings. The van der Waals surface area contributed by atoms with Crippen molar-refractivity contribution < 1.29 is 28.9 Å². The first-order valence-corrected chi connectivity index (χ1v) is 8.52. The van der Waals surface area contributed by atoms with Crippen molar-refractivity contribution in [3.63, 3.8) is 0 Å². The van der Waals surface area contributed by atoms with E-state index in [1.807, 2.05) is 13.8 Å². The molecule has 23 heavy (non-hydrogen) atoms. The third kappa shape index (κ3) is 11.1. The molecular formula is C17H34O6. The zero-order valence-corrected chi connectivity index (χ0v) is 15.5. The molecule has 1 fully saturated rings. The van der Waals surface area contributed by atoms with E-state index in [-0.39, 0.29) is 12.7 Å². The number of ether oxygens (including phenoxy) is 3. The molecular weight excluding hydrogens is 300 g/mol. The van der Waals surface area contributed by atoms with E-state index in [1.165, 1.54) is 13.3 Å². The number of carbonyl (C=O) groups is 2. The van der Waals surface area contributed by atoms with Crippen LogP contribution in [0.3, 0.4) is 0 Å². The molecule has 0 aromatic heterocycles. The summed E-state index contributed by atoms with van der Waals surface area (Å²) in [6.07, 6.45) is 4.12. The normalized spacial score (nSPS) is 16.7. The highest BCUT2D eigenvalue weighted by Crippen LogP contribution is 2.21. The van der Waals surface area contributed by atoms with E-state index in [0.717, 1.165) is 32.8 Å². The lowest BCUT2D eigenvalue weighted by Crippen LogP contribution is -2.34. The second-order valence-electron chi connectivity index (χ2n) is 4.87. The molecule has 0 radical (unpaired) electrons. The van der Waals surface area contributed by atoms with E-state index in [4.69, 9.17) is 19.3 Å². The Labute approximate surface area is 140 Å². The van der Waals surface area contributed by atoms with Crippen LogP contribution in [0.15, 0.2) is 0 Å². The minimum absolute atomic E-state index is 0.134.